The summed E-state index contributed by atoms with van der Waals surface area (Å²) in [6.45, 7) is 0. The van der Waals surface area contributed by atoms with Crippen molar-refractivity contribution in [3.63, 3.8) is 0 Å². The topological polar surface area (TPSA) is 90.1 Å². The van der Waals surface area contributed by atoms with Gasteiger partial charge in [-0.1, -0.05) is 11.6 Å². The molecule has 0 saturated heterocycles. The van der Waals surface area contributed by atoms with Crippen molar-refractivity contribution in [1.29, 1.82) is 0 Å². The number of anilines is 1. The lowest BCUT2D eigenvalue weighted by Gasteiger charge is -2.11. The van der Waals surface area contributed by atoms with Crippen LogP contribution in [0.1, 0.15) is 0 Å². The largest absolute Gasteiger partial charge is 0.329 e. The number of benzene rings is 2. The van der Waals surface area contributed by atoms with E-state index in [-0.39, 0.29) is 17.3 Å². The van der Waals surface area contributed by atoms with Crippen LogP contribution in [0.4, 0.5) is 11.4 Å². The van der Waals surface area contributed by atoms with Crippen molar-refractivity contribution in [1.82, 2.24) is 9.55 Å². The van der Waals surface area contributed by atoms with Crippen molar-refractivity contribution < 1.29 is 9.72 Å². The molecule has 0 aliphatic carbocycles. The minimum atomic E-state index is -0.457. The lowest BCUT2D eigenvalue weighted by Crippen LogP contribution is -2.14. The van der Waals surface area contributed by atoms with E-state index in [9.17, 15) is 14.9 Å². The number of nitro benzene ring substituents is 1. The van der Waals surface area contributed by atoms with E-state index in [4.69, 9.17) is 11.6 Å². The maximum Gasteiger partial charge on any atom is 0.269 e. The first kappa shape index (κ1) is 20.2. The van der Waals surface area contributed by atoms with Crippen molar-refractivity contribution in [3.05, 3.63) is 70.0 Å². The summed E-state index contributed by atoms with van der Waals surface area (Å²) in [5.41, 5.74) is 0.624. The molecule has 144 valence electrons. The van der Waals surface area contributed by atoms with E-state index in [1.54, 1.807) is 30.5 Å². The fourth-order valence-corrected chi connectivity index (χ4v) is 3.98. The average Bonchev–Trinajstić information content (AvgIpc) is 3.07. The van der Waals surface area contributed by atoms with Gasteiger partial charge in [0.05, 0.1) is 16.4 Å². The number of carbonyl (C=O) groups excluding carboxylic acids is 1. The van der Waals surface area contributed by atoms with Gasteiger partial charge < -0.3 is 9.88 Å². The Balaban J connectivity index is 1.65. The fourth-order valence-electron chi connectivity index (χ4n) is 2.24. The van der Waals surface area contributed by atoms with Crippen LogP contribution in [0.15, 0.2) is 69.8 Å². The zero-order valence-corrected chi connectivity index (χ0v) is 17.1. The number of nitro groups is 1. The first-order chi connectivity index (χ1) is 13.4. The first-order valence-electron chi connectivity index (χ1n) is 8.04. The van der Waals surface area contributed by atoms with E-state index < -0.39 is 4.92 Å². The molecular weight excluding hydrogens is 420 g/mol. The Kier molecular flexibility index (Phi) is 6.61. The number of halogens is 1. The molecule has 1 heterocycles. The van der Waals surface area contributed by atoms with Gasteiger partial charge in [-0.25, -0.2) is 4.98 Å². The molecule has 0 fully saturated rings. The first-order valence-corrected chi connectivity index (χ1v) is 10.2. The van der Waals surface area contributed by atoms with Crippen molar-refractivity contribution in [2.45, 2.75) is 14.9 Å². The van der Waals surface area contributed by atoms with Crippen LogP contribution in [0, 0.1) is 10.1 Å². The second kappa shape index (κ2) is 9.13. The van der Waals surface area contributed by atoms with Crippen LogP contribution < -0.4 is 5.32 Å². The normalized spacial score (nSPS) is 10.6. The Labute approximate surface area is 174 Å². The summed E-state index contributed by atoms with van der Waals surface area (Å²) >= 11 is 8.81. The van der Waals surface area contributed by atoms with Gasteiger partial charge in [0.2, 0.25) is 5.91 Å². The summed E-state index contributed by atoms with van der Waals surface area (Å²) in [7, 11) is 1.89. The Morgan fingerprint density at radius 3 is 2.68 bits per heavy atom. The maximum atomic E-state index is 12.4. The molecule has 0 aliphatic heterocycles. The Hall–Kier alpha value is -2.49. The van der Waals surface area contributed by atoms with E-state index in [0.29, 0.717) is 10.7 Å². The molecule has 1 N–H and O–H groups in total. The van der Waals surface area contributed by atoms with E-state index in [2.05, 4.69) is 10.3 Å². The molecule has 0 radical (unpaired) electrons. The van der Waals surface area contributed by atoms with Gasteiger partial charge in [0, 0.05) is 46.4 Å². The Bertz CT molecular complexity index is 1010. The molecule has 1 aromatic heterocycles. The Morgan fingerprint density at radius 1 is 1.29 bits per heavy atom. The van der Waals surface area contributed by atoms with Crippen LogP contribution in [-0.4, -0.2) is 26.1 Å². The number of amides is 1. The molecular formula is C18H15ClN4O3S2. The second-order valence-electron chi connectivity index (χ2n) is 5.65. The number of aryl methyl sites for hydroxylation is 1. The number of thioether (sulfide) groups is 1. The highest BCUT2D eigenvalue weighted by Gasteiger charge is 2.12. The molecule has 0 bridgehead atoms. The van der Waals surface area contributed by atoms with Crippen LogP contribution in [0.5, 0.6) is 0 Å². The molecule has 0 saturated carbocycles. The minimum Gasteiger partial charge on any atom is -0.329 e. The molecule has 7 nitrogen and oxygen atoms in total. The molecule has 0 spiro atoms. The molecule has 10 heteroatoms. The lowest BCUT2D eigenvalue weighted by atomic mass is 10.3. The number of imidazole rings is 1. The van der Waals surface area contributed by atoms with Crippen LogP contribution in [0.25, 0.3) is 0 Å². The smallest absolute Gasteiger partial charge is 0.269 e. The van der Waals surface area contributed by atoms with Crippen molar-refractivity contribution in [3.8, 4) is 0 Å². The zero-order valence-electron chi connectivity index (χ0n) is 14.7. The summed E-state index contributed by atoms with van der Waals surface area (Å²) in [5, 5.41) is 14.9. The second-order valence-corrected chi connectivity index (χ2v) is 8.15. The minimum absolute atomic E-state index is 0.0173. The molecule has 1 amide bonds. The van der Waals surface area contributed by atoms with Gasteiger partial charge in [-0.2, -0.15) is 0 Å². The summed E-state index contributed by atoms with van der Waals surface area (Å²) in [4.78, 5) is 28.5. The zero-order chi connectivity index (χ0) is 20.1. The number of hydrogen-bond donors (Lipinski definition) is 1. The lowest BCUT2D eigenvalue weighted by molar-refractivity contribution is -0.384. The van der Waals surface area contributed by atoms with Gasteiger partial charge in [-0.15, -0.1) is 11.8 Å². The standard InChI is InChI=1S/C18H15ClN4O3S2/c1-22-9-8-20-18(22)28-16-7-2-12(19)10-15(16)21-17(24)11-27-14-5-3-13(4-6-14)23(25)26/h2-10H,11H2,1H3,(H,21,24). The van der Waals surface area contributed by atoms with E-state index in [1.165, 1.54) is 35.7 Å². The molecule has 0 aliphatic rings. The maximum absolute atomic E-state index is 12.4. The summed E-state index contributed by atoms with van der Waals surface area (Å²) < 4.78 is 1.88. The number of aromatic nitrogens is 2. The fraction of sp³-hybridized carbons (Fsp3) is 0.111. The molecule has 0 unspecified atom stereocenters. The van der Waals surface area contributed by atoms with Gasteiger partial charge in [0.25, 0.3) is 5.69 Å². The number of nitrogens with zero attached hydrogens (tertiary/aromatic N) is 3. The number of non-ortho nitro benzene ring substituents is 1. The van der Waals surface area contributed by atoms with Crippen LogP contribution in [0.2, 0.25) is 5.02 Å². The molecule has 28 heavy (non-hydrogen) atoms. The van der Waals surface area contributed by atoms with Gasteiger partial charge >= 0.3 is 0 Å². The van der Waals surface area contributed by atoms with E-state index >= 15 is 0 Å². The quantitative estimate of drug-likeness (QED) is 0.324. The van der Waals surface area contributed by atoms with Gasteiger partial charge in [-0.3, -0.25) is 14.9 Å². The van der Waals surface area contributed by atoms with Gasteiger partial charge in [-0.05, 0) is 42.1 Å². The van der Waals surface area contributed by atoms with Crippen LogP contribution in [-0.2, 0) is 11.8 Å². The number of carbonyl (C=O) groups is 1. The summed E-state index contributed by atoms with van der Waals surface area (Å²) in [6, 6.07) is 11.4. The molecule has 3 aromatic rings. The molecule has 0 atom stereocenters. The number of nitrogens with one attached hydrogen (secondary N) is 1. The SMILES string of the molecule is Cn1ccnc1Sc1ccc(Cl)cc1NC(=O)CSc1ccc([N+](=O)[O-])cc1. The predicted molar refractivity (Wildman–Crippen MR) is 111 cm³/mol. The Morgan fingerprint density at radius 2 is 2.04 bits per heavy atom. The van der Waals surface area contributed by atoms with E-state index in [1.807, 2.05) is 23.9 Å². The van der Waals surface area contributed by atoms with E-state index in [0.717, 1.165) is 14.9 Å². The van der Waals surface area contributed by atoms with Crippen molar-refractivity contribution >= 4 is 52.4 Å². The third kappa shape index (κ3) is 5.28. The van der Waals surface area contributed by atoms with Crippen molar-refractivity contribution in [2.75, 3.05) is 11.1 Å². The number of rotatable bonds is 7. The van der Waals surface area contributed by atoms with Gasteiger partial charge in [0.1, 0.15) is 0 Å². The molecule has 3 rings (SSSR count). The third-order valence-electron chi connectivity index (χ3n) is 3.61. The monoisotopic (exact) mass is 434 g/mol. The third-order valence-corrected chi connectivity index (χ3v) is 6.01. The average molecular weight is 435 g/mol. The van der Waals surface area contributed by atoms with Crippen molar-refractivity contribution in [2.24, 2.45) is 7.05 Å². The predicted octanol–water partition coefficient (Wildman–Crippen LogP) is 4.86. The van der Waals surface area contributed by atoms with Crippen LogP contribution >= 0.6 is 35.1 Å². The highest BCUT2D eigenvalue weighted by molar-refractivity contribution is 8.00. The summed E-state index contributed by atoms with van der Waals surface area (Å²) in [5.74, 6) is -0.0380. The highest BCUT2D eigenvalue weighted by Crippen LogP contribution is 2.34. The number of hydrogen-bond acceptors (Lipinski definition) is 6. The van der Waals surface area contributed by atoms with Crippen LogP contribution in [0.3, 0.4) is 0 Å². The highest BCUT2D eigenvalue weighted by atomic mass is 35.5. The molecule has 2 aromatic carbocycles. The van der Waals surface area contributed by atoms with Gasteiger partial charge in [0.15, 0.2) is 5.16 Å². The summed E-state index contributed by atoms with van der Waals surface area (Å²) in [6.07, 6.45) is 3.55.